The molecule has 0 aliphatic rings. The molecule has 0 aliphatic carbocycles. The Bertz CT molecular complexity index is 1300. The van der Waals surface area contributed by atoms with E-state index in [1.54, 1.807) is 41.1 Å². The molecule has 0 saturated carbocycles. The zero-order valence-corrected chi connectivity index (χ0v) is 18.1. The molecule has 2 aromatic heterocycles. The number of benzene rings is 2. The van der Waals surface area contributed by atoms with Crippen molar-refractivity contribution in [2.45, 2.75) is 12.6 Å². The maximum absolute atomic E-state index is 14.1. The number of hydrogen-bond donors (Lipinski definition) is 3. The Labute approximate surface area is 193 Å². The van der Waals surface area contributed by atoms with Gasteiger partial charge in [0.2, 0.25) is 0 Å². The van der Waals surface area contributed by atoms with Crippen molar-refractivity contribution in [2.24, 2.45) is 7.05 Å². The van der Waals surface area contributed by atoms with Crippen LogP contribution in [-0.2, 0) is 13.6 Å². The van der Waals surface area contributed by atoms with Gasteiger partial charge in [-0.3, -0.25) is 4.79 Å². The molecule has 0 bridgehead atoms. The molecule has 1 atom stereocenters. The maximum Gasteiger partial charge on any atom is 0.251 e. The lowest BCUT2D eigenvalue weighted by Gasteiger charge is -2.18. The summed E-state index contributed by atoms with van der Waals surface area (Å²) in [6, 6.07) is 10.4. The van der Waals surface area contributed by atoms with Gasteiger partial charge >= 0.3 is 0 Å². The molecule has 0 fully saturated rings. The minimum absolute atomic E-state index is 0.00620. The predicted octanol–water partition coefficient (Wildman–Crippen LogP) is 2.63. The predicted molar refractivity (Wildman–Crippen MR) is 119 cm³/mol. The van der Waals surface area contributed by atoms with E-state index < -0.39 is 30.2 Å². The number of nitrogens with zero attached hydrogens (tertiary/aromatic N) is 5. The largest absolute Gasteiger partial charge is 0.394 e. The van der Waals surface area contributed by atoms with E-state index in [4.69, 9.17) is 0 Å². The average molecular weight is 465 g/mol. The summed E-state index contributed by atoms with van der Waals surface area (Å²) in [6.45, 7) is -0.216. The van der Waals surface area contributed by atoms with Crippen molar-refractivity contribution in [3.8, 4) is 11.5 Å². The van der Waals surface area contributed by atoms with E-state index in [0.717, 1.165) is 6.07 Å². The van der Waals surface area contributed by atoms with E-state index in [9.17, 15) is 18.7 Å². The van der Waals surface area contributed by atoms with Crippen LogP contribution in [0.25, 0.3) is 11.5 Å². The highest BCUT2D eigenvalue weighted by molar-refractivity contribution is 5.95. The Morgan fingerprint density at radius 2 is 2.00 bits per heavy atom. The van der Waals surface area contributed by atoms with Gasteiger partial charge in [0.05, 0.1) is 19.2 Å². The first-order chi connectivity index (χ1) is 16.5. The minimum atomic E-state index is -1.02. The van der Waals surface area contributed by atoms with Crippen LogP contribution in [0.15, 0.2) is 61.1 Å². The molecule has 1 unspecified atom stereocenters. The highest BCUT2D eigenvalue weighted by Crippen LogP contribution is 2.20. The van der Waals surface area contributed by atoms with Gasteiger partial charge in [0.1, 0.15) is 23.7 Å². The van der Waals surface area contributed by atoms with Gasteiger partial charge in [0.25, 0.3) is 5.91 Å². The lowest BCUT2D eigenvalue weighted by atomic mass is 10.1. The Morgan fingerprint density at radius 1 is 1.15 bits per heavy atom. The number of carbonyl (C=O) groups excluding carboxylic acids is 1. The van der Waals surface area contributed by atoms with E-state index in [1.807, 2.05) is 7.05 Å². The number of carbonyl (C=O) groups is 1. The zero-order valence-electron chi connectivity index (χ0n) is 18.1. The number of hydrogen-bond acceptors (Lipinski definition) is 7. The quantitative estimate of drug-likeness (QED) is 0.366. The zero-order chi connectivity index (χ0) is 24.1. The Balaban J connectivity index is 1.44. The van der Waals surface area contributed by atoms with Gasteiger partial charge in [0.15, 0.2) is 11.6 Å². The van der Waals surface area contributed by atoms with Gasteiger partial charge in [-0.1, -0.05) is 12.1 Å². The van der Waals surface area contributed by atoms with Crippen LogP contribution in [0.3, 0.4) is 0 Å². The standard InChI is InChI=1S/C23H21F2N7O2/c1-32-21(30-31-22(32)19-7-8-26-13-28-19)11-27-16-4-2-3-14(9-16)23(34)29-20(12-33)17-6-5-15(24)10-18(17)25/h2-10,13,20,27,33H,11-12H2,1H3,(H,29,34). The summed E-state index contributed by atoms with van der Waals surface area (Å²) in [7, 11) is 1.82. The van der Waals surface area contributed by atoms with E-state index in [2.05, 4.69) is 30.8 Å². The molecule has 1 amide bonds. The van der Waals surface area contributed by atoms with Crippen LogP contribution in [0, 0.1) is 11.6 Å². The molecular weight excluding hydrogens is 444 g/mol. The second-order valence-corrected chi connectivity index (χ2v) is 7.40. The van der Waals surface area contributed by atoms with E-state index in [0.29, 0.717) is 41.2 Å². The van der Waals surface area contributed by atoms with Crippen LogP contribution in [-0.4, -0.2) is 42.4 Å². The van der Waals surface area contributed by atoms with Crippen molar-refractivity contribution in [1.29, 1.82) is 0 Å². The molecule has 0 radical (unpaired) electrons. The molecule has 4 rings (SSSR count). The van der Waals surface area contributed by atoms with Crippen LogP contribution in [0.1, 0.15) is 27.8 Å². The smallest absolute Gasteiger partial charge is 0.251 e. The number of amides is 1. The van der Waals surface area contributed by atoms with Gasteiger partial charge in [-0.25, -0.2) is 18.7 Å². The summed E-state index contributed by atoms with van der Waals surface area (Å²) in [6.07, 6.45) is 3.06. The Hall–Kier alpha value is -4.25. The molecule has 2 aromatic carbocycles. The number of aromatic nitrogens is 5. The minimum Gasteiger partial charge on any atom is -0.394 e. The number of halogens is 2. The molecule has 34 heavy (non-hydrogen) atoms. The van der Waals surface area contributed by atoms with Gasteiger partial charge in [-0.2, -0.15) is 0 Å². The third-order valence-electron chi connectivity index (χ3n) is 5.18. The monoisotopic (exact) mass is 465 g/mol. The van der Waals surface area contributed by atoms with Crippen LogP contribution >= 0.6 is 0 Å². The molecule has 0 saturated heterocycles. The van der Waals surface area contributed by atoms with Crippen molar-refractivity contribution in [3.05, 3.63) is 89.6 Å². The maximum atomic E-state index is 14.1. The molecule has 0 spiro atoms. The molecule has 4 aromatic rings. The molecular formula is C23H21F2N7O2. The van der Waals surface area contributed by atoms with Crippen LogP contribution < -0.4 is 10.6 Å². The van der Waals surface area contributed by atoms with Gasteiger partial charge in [0, 0.05) is 36.1 Å². The highest BCUT2D eigenvalue weighted by atomic mass is 19.1. The first kappa shape index (κ1) is 22.9. The first-order valence-corrected chi connectivity index (χ1v) is 10.3. The SMILES string of the molecule is Cn1c(CNc2cccc(C(=O)NC(CO)c3ccc(F)cc3F)c2)nnc1-c1ccncn1. The van der Waals surface area contributed by atoms with Crippen molar-refractivity contribution < 1.29 is 18.7 Å². The van der Waals surface area contributed by atoms with Gasteiger partial charge < -0.3 is 20.3 Å². The fraction of sp³-hybridized carbons (Fsp3) is 0.174. The van der Waals surface area contributed by atoms with Crippen molar-refractivity contribution >= 4 is 11.6 Å². The molecule has 9 nitrogen and oxygen atoms in total. The molecule has 174 valence electrons. The normalized spacial score (nSPS) is 11.8. The lowest BCUT2D eigenvalue weighted by molar-refractivity contribution is 0.0915. The van der Waals surface area contributed by atoms with Gasteiger partial charge in [-0.05, 0) is 30.3 Å². The second-order valence-electron chi connectivity index (χ2n) is 7.40. The first-order valence-electron chi connectivity index (χ1n) is 10.3. The van der Waals surface area contributed by atoms with Crippen molar-refractivity contribution in [3.63, 3.8) is 0 Å². The number of anilines is 1. The summed E-state index contributed by atoms with van der Waals surface area (Å²) >= 11 is 0. The molecule has 3 N–H and O–H groups in total. The molecule has 11 heteroatoms. The lowest BCUT2D eigenvalue weighted by Crippen LogP contribution is -2.31. The number of aliphatic hydroxyl groups excluding tert-OH is 1. The Kier molecular flexibility index (Phi) is 6.83. The van der Waals surface area contributed by atoms with Gasteiger partial charge in [-0.15, -0.1) is 10.2 Å². The Morgan fingerprint density at radius 3 is 2.74 bits per heavy atom. The summed E-state index contributed by atoms with van der Waals surface area (Å²) in [4.78, 5) is 20.8. The third-order valence-corrected chi connectivity index (χ3v) is 5.18. The molecule has 0 aliphatic heterocycles. The topological polar surface area (TPSA) is 118 Å². The van der Waals surface area contributed by atoms with E-state index >= 15 is 0 Å². The van der Waals surface area contributed by atoms with Crippen LogP contribution in [0.2, 0.25) is 0 Å². The van der Waals surface area contributed by atoms with Crippen molar-refractivity contribution in [1.82, 2.24) is 30.0 Å². The summed E-state index contributed by atoms with van der Waals surface area (Å²) in [5.74, 6) is -0.864. The second kappa shape index (κ2) is 10.1. The highest BCUT2D eigenvalue weighted by Gasteiger charge is 2.19. The molecule has 2 heterocycles. The van der Waals surface area contributed by atoms with E-state index in [-0.39, 0.29) is 5.56 Å². The summed E-state index contributed by atoms with van der Waals surface area (Å²) in [5, 5.41) is 23.7. The number of aliphatic hydroxyl groups is 1. The van der Waals surface area contributed by atoms with Crippen LogP contribution in [0.4, 0.5) is 14.5 Å². The fourth-order valence-corrected chi connectivity index (χ4v) is 3.36. The van der Waals surface area contributed by atoms with Crippen LogP contribution in [0.5, 0.6) is 0 Å². The van der Waals surface area contributed by atoms with E-state index in [1.165, 1.54) is 12.4 Å². The summed E-state index contributed by atoms with van der Waals surface area (Å²) < 4.78 is 29.1. The number of nitrogens with one attached hydrogen (secondary N) is 2. The van der Waals surface area contributed by atoms with Crippen molar-refractivity contribution in [2.75, 3.05) is 11.9 Å². The third kappa shape index (κ3) is 5.04. The number of rotatable bonds is 8. The summed E-state index contributed by atoms with van der Waals surface area (Å²) in [5.41, 5.74) is 1.58. The average Bonchev–Trinajstić information content (AvgIpc) is 3.22. The fourth-order valence-electron chi connectivity index (χ4n) is 3.36.